The van der Waals surface area contributed by atoms with Gasteiger partial charge in [0.05, 0.1) is 0 Å². The van der Waals surface area contributed by atoms with Crippen LogP contribution in [0.1, 0.15) is 11.1 Å². The van der Waals surface area contributed by atoms with Gasteiger partial charge in [-0.2, -0.15) is 0 Å². The SMILES string of the molecule is NC(=S)C(=S)N(Cc1ccccc1)Cc1ccccc1. The van der Waals surface area contributed by atoms with Crippen molar-refractivity contribution in [2.75, 3.05) is 0 Å². The van der Waals surface area contributed by atoms with Crippen molar-refractivity contribution < 1.29 is 0 Å². The average molecular weight is 300 g/mol. The molecule has 0 aliphatic rings. The van der Waals surface area contributed by atoms with Crippen molar-refractivity contribution >= 4 is 34.4 Å². The minimum atomic E-state index is 0.270. The average Bonchev–Trinajstić information content (AvgIpc) is 2.48. The number of nitrogens with zero attached hydrogens (tertiary/aromatic N) is 1. The van der Waals surface area contributed by atoms with Crippen molar-refractivity contribution in [1.29, 1.82) is 0 Å². The minimum Gasteiger partial charge on any atom is -0.388 e. The van der Waals surface area contributed by atoms with Gasteiger partial charge in [0, 0.05) is 13.1 Å². The second-order valence-corrected chi connectivity index (χ2v) is 5.32. The molecule has 0 fully saturated rings. The zero-order valence-corrected chi connectivity index (χ0v) is 12.7. The third-order valence-electron chi connectivity index (χ3n) is 2.93. The van der Waals surface area contributed by atoms with Crippen LogP contribution in [0.15, 0.2) is 60.7 Å². The lowest BCUT2D eigenvalue weighted by atomic mass is 10.1. The van der Waals surface area contributed by atoms with Crippen LogP contribution in [0.5, 0.6) is 0 Å². The first kappa shape index (κ1) is 14.6. The lowest BCUT2D eigenvalue weighted by Crippen LogP contribution is -2.37. The number of thiocarbonyl (C=S) groups is 2. The maximum Gasteiger partial charge on any atom is 0.137 e. The summed E-state index contributed by atoms with van der Waals surface area (Å²) in [5.74, 6) is 0. The largest absolute Gasteiger partial charge is 0.388 e. The Kier molecular flexibility index (Phi) is 5.21. The van der Waals surface area contributed by atoms with Gasteiger partial charge in [-0.25, -0.2) is 0 Å². The van der Waals surface area contributed by atoms with Crippen molar-refractivity contribution in [3.05, 3.63) is 71.8 Å². The van der Waals surface area contributed by atoms with E-state index in [9.17, 15) is 0 Å². The smallest absolute Gasteiger partial charge is 0.137 e. The summed E-state index contributed by atoms with van der Waals surface area (Å²) in [6.45, 7) is 1.40. The van der Waals surface area contributed by atoms with Gasteiger partial charge in [-0.3, -0.25) is 0 Å². The van der Waals surface area contributed by atoms with Gasteiger partial charge in [0.25, 0.3) is 0 Å². The number of hydrogen-bond donors (Lipinski definition) is 1. The van der Waals surface area contributed by atoms with Gasteiger partial charge in [-0.1, -0.05) is 85.1 Å². The fourth-order valence-corrected chi connectivity index (χ4v) is 2.22. The van der Waals surface area contributed by atoms with Gasteiger partial charge in [0.2, 0.25) is 0 Å². The van der Waals surface area contributed by atoms with Crippen molar-refractivity contribution in [3.63, 3.8) is 0 Å². The van der Waals surface area contributed by atoms with Crippen LogP contribution in [-0.4, -0.2) is 14.9 Å². The van der Waals surface area contributed by atoms with E-state index in [0.717, 1.165) is 0 Å². The second kappa shape index (κ2) is 7.12. The van der Waals surface area contributed by atoms with Crippen LogP contribution in [0.2, 0.25) is 0 Å². The van der Waals surface area contributed by atoms with Crippen LogP contribution in [-0.2, 0) is 13.1 Å². The van der Waals surface area contributed by atoms with Gasteiger partial charge in [0.1, 0.15) is 9.98 Å². The van der Waals surface area contributed by atoms with Crippen molar-refractivity contribution in [3.8, 4) is 0 Å². The molecule has 0 bridgehead atoms. The molecule has 4 heteroatoms. The zero-order valence-electron chi connectivity index (χ0n) is 11.0. The number of hydrogen-bond acceptors (Lipinski definition) is 2. The Labute approximate surface area is 130 Å². The summed E-state index contributed by atoms with van der Waals surface area (Å²) in [5.41, 5.74) is 8.06. The van der Waals surface area contributed by atoms with Gasteiger partial charge >= 0.3 is 0 Å². The van der Waals surface area contributed by atoms with Crippen LogP contribution >= 0.6 is 24.4 Å². The van der Waals surface area contributed by atoms with Gasteiger partial charge in [0.15, 0.2) is 0 Å². The topological polar surface area (TPSA) is 29.3 Å². The Hall–Kier alpha value is -1.78. The van der Waals surface area contributed by atoms with Crippen LogP contribution in [0.3, 0.4) is 0 Å². The third-order valence-corrected chi connectivity index (χ3v) is 3.73. The number of nitrogens with two attached hydrogens (primary N) is 1. The summed E-state index contributed by atoms with van der Waals surface area (Å²) in [7, 11) is 0. The highest BCUT2D eigenvalue weighted by atomic mass is 32.1. The quantitative estimate of drug-likeness (QED) is 0.877. The summed E-state index contributed by atoms with van der Waals surface area (Å²) in [5, 5.41) is 0. The molecule has 102 valence electrons. The van der Waals surface area contributed by atoms with E-state index in [0.29, 0.717) is 18.1 Å². The predicted octanol–water partition coefficient (Wildman–Crippen LogP) is 3.30. The molecule has 0 radical (unpaired) electrons. The Balaban J connectivity index is 2.17. The van der Waals surface area contributed by atoms with E-state index in [1.807, 2.05) is 41.3 Å². The normalized spacial score (nSPS) is 10.0. The predicted molar refractivity (Wildman–Crippen MR) is 91.5 cm³/mol. The Morgan fingerprint density at radius 3 is 1.55 bits per heavy atom. The first-order valence-corrected chi connectivity index (χ1v) is 7.15. The van der Waals surface area contributed by atoms with E-state index in [1.54, 1.807) is 0 Å². The Morgan fingerprint density at radius 2 is 1.20 bits per heavy atom. The molecule has 0 saturated heterocycles. The van der Waals surface area contributed by atoms with E-state index >= 15 is 0 Å². The highest BCUT2D eigenvalue weighted by Crippen LogP contribution is 2.11. The molecule has 2 aromatic carbocycles. The highest BCUT2D eigenvalue weighted by Gasteiger charge is 2.13. The molecule has 0 amide bonds. The Morgan fingerprint density at radius 1 is 0.800 bits per heavy atom. The summed E-state index contributed by atoms with van der Waals surface area (Å²) >= 11 is 10.4. The first-order valence-electron chi connectivity index (χ1n) is 6.33. The molecule has 2 rings (SSSR count). The van der Waals surface area contributed by atoms with Crippen molar-refractivity contribution in [2.45, 2.75) is 13.1 Å². The molecule has 20 heavy (non-hydrogen) atoms. The summed E-state index contributed by atoms with van der Waals surface area (Å²) in [6.07, 6.45) is 0. The molecule has 2 N–H and O–H groups in total. The second-order valence-electron chi connectivity index (χ2n) is 4.50. The molecule has 0 aromatic heterocycles. The van der Waals surface area contributed by atoms with E-state index in [4.69, 9.17) is 30.2 Å². The lowest BCUT2D eigenvalue weighted by Gasteiger charge is -2.25. The number of benzene rings is 2. The number of rotatable bonds is 4. The molecule has 0 saturated carbocycles. The summed E-state index contributed by atoms with van der Waals surface area (Å²) in [6, 6.07) is 20.3. The third kappa shape index (κ3) is 4.11. The standard InChI is InChI=1S/C16H16N2S2/c17-15(19)16(20)18(11-13-7-3-1-4-8-13)12-14-9-5-2-6-10-14/h1-10H,11-12H2,(H2,17,19). The van der Waals surface area contributed by atoms with Gasteiger partial charge < -0.3 is 10.6 Å². The fourth-order valence-electron chi connectivity index (χ4n) is 1.96. The van der Waals surface area contributed by atoms with Crippen LogP contribution < -0.4 is 5.73 Å². The van der Waals surface area contributed by atoms with E-state index in [2.05, 4.69) is 24.3 Å². The van der Waals surface area contributed by atoms with Crippen LogP contribution in [0, 0.1) is 0 Å². The molecule has 0 unspecified atom stereocenters. The van der Waals surface area contributed by atoms with E-state index < -0.39 is 0 Å². The van der Waals surface area contributed by atoms with Crippen molar-refractivity contribution in [2.24, 2.45) is 5.73 Å². The maximum atomic E-state index is 5.69. The molecular formula is C16H16N2S2. The highest BCUT2D eigenvalue weighted by molar-refractivity contribution is 7.89. The molecular weight excluding hydrogens is 284 g/mol. The van der Waals surface area contributed by atoms with E-state index in [1.165, 1.54) is 11.1 Å². The fraction of sp³-hybridized carbons (Fsp3) is 0.125. The summed E-state index contributed by atoms with van der Waals surface area (Å²) in [4.78, 5) is 2.84. The lowest BCUT2D eigenvalue weighted by molar-refractivity contribution is 0.418. The summed E-state index contributed by atoms with van der Waals surface area (Å²) < 4.78 is 0. The molecule has 0 aliphatic heterocycles. The van der Waals surface area contributed by atoms with E-state index in [-0.39, 0.29) is 4.99 Å². The monoisotopic (exact) mass is 300 g/mol. The van der Waals surface area contributed by atoms with Gasteiger partial charge in [-0.05, 0) is 11.1 Å². The minimum absolute atomic E-state index is 0.270. The van der Waals surface area contributed by atoms with Crippen molar-refractivity contribution in [1.82, 2.24) is 4.90 Å². The van der Waals surface area contributed by atoms with Crippen LogP contribution in [0.25, 0.3) is 0 Å². The maximum absolute atomic E-state index is 5.69. The molecule has 2 nitrogen and oxygen atoms in total. The molecule has 0 heterocycles. The van der Waals surface area contributed by atoms with Crippen LogP contribution in [0.4, 0.5) is 0 Å². The Bertz CT molecular complexity index is 540. The molecule has 2 aromatic rings. The van der Waals surface area contributed by atoms with Gasteiger partial charge in [-0.15, -0.1) is 0 Å². The zero-order chi connectivity index (χ0) is 14.4. The molecule has 0 aliphatic carbocycles. The molecule has 0 atom stereocenters. The molecule has 0 spiro atoms. The first-order chi connectivity index (χ1) is 9.66.